The molecule has 0 aromatic carbocycles. The molecule has 0 amide bonds. The molecular weight excluding hydrogens is 230 g/mol. The number of rotatable bonds is 5. The van der Waals surface area contributed by atoms with E-state index in [4.69, 9.17) is 5.73 Å². The first-order chi connectivity index (χ1) is 8.54. The first-order valence-corrected chi connectivity index (χ1v) is 6.39. The average Bonchev–Trinajstić information content (AvgIpc) is 2.82. The van der Waals surface area contributed by atoms with Gasteiger partial charge in [0.2, 0.25) is 0 Å². The van der Waals surface area contributed by atoms with Crippen molar-refractivity contribution in [2.24, 2.45) is 0 Å². The highest BCUT2D eigenvalue weighted by molar-refractivity contribution is 5.30. The minimum Gasteiger partial charge on any atom is -0.396 e. The van der Waals surface area contributed by atoms with E-state index in [9.17, 15) is 5.11 Å². The number of aliphatic hydroxyl groups excluding tert-OH is 1. The minimum absolute atomic E-state index is 0.197. The van der Waals surface area contributed by atoms with Gasteiger partial charge in [0.1, 0.15) is 0 Å². The maximum absolute atomic E-state index is 9.78. The van der Waals surface area contributed by atoms with E-state index in [0.29, 0.717) is 11.7 Å². The van der Waals surface area contributed by atoms with E-state index in [1.54, 1.807) is 6.20 Å². The van der Waals surface area contributed by atoms with Gasteiger partial charge in [-0.3, -0.25) is 9.58 Å². The van der Waals surface area contributed by atoms with E-state index >= 15 is 0 Å². The van der Waals surface area contributed by atoms with Crippen LogP contribution in [0.1, 0.15) is 6.42 Å². The molecule has 2 rings (SSSR count). The summed E-state index contributed by atoms with van der Waals surface area (Å²) in [5.41, 5.74) is 6.33. The Hall–Kier alpha value is -1.11. The van der Waals surface area contributed by atoms with Crippen molar-refractivity contribution < 1.29 is 5.11 Å². The van der Waals surface area contributed by atoms with Crippen LogP contribution in [0.15, 0.2) is 12.4 Å². The van der Waals surface area contributed by atoms with E-state index in [0.717, 1.165) is 32.6 Å². The third-order valence-electron chi connectivity index (χ3n) is 3.35. The van der Waals surface area contributed by atoms with E-state index in [1.165, 1.54) is 0 Å². The van der Waals surface area contributed by atoms with Crippen LogP contribution in [0.4, 0.5) is 5.69 Å². The Balaban J connectivity index is 1.86. The lowest BCUT2D eigenvalue weighted by atomic mass is 10.2. The summed E-state index contributed by atoms with van der Waals surface area (Å²) in [4.78, 5) is 4.50. The fraction of sp³-hybridized carbons (Fsp3) is 0.750. The Morgan fingerprint density at radius 3 is 2.89 bits per heavy atom. The number of hydrogen-bond donors (Lipinski definition) is 2. The molecular formula is C12H23N5O. The van der Waals surface area contributed by atoms with Crippen molar-refractivity contribution in [2.75, 3.05) is 39.5 Å². The first-order valence-electron chi connectivity index (χ1n) is 6.39. The molecule has 1 aliphatic heterocycles. The number of likely N-dealkylation sites (N-methyl/N-ethyl adjacent to an activating group) is 1. The zero-order valence-electron chi connectivity index (χ0n) is 11.2. The van der Waals surface area contributed by atoms with Crippen molar-refractivity contribution in [2.45, 2.75) is 25.1 Å². The number of nitrogens with two attached hydrogens (primary N) is 1. The molecule has 0 radical (unpaired) electrons. The van der Waals surface area contributed by atoms with Gasteiger partial charge in [-0.25, -0.2) is 0 Å². The summed E-state index contributed by atoms with van der Waals surface area (Å²) in [5, 5.41) is 14.0. The van der Waals surface area contributed by atoms with Gasteiger partial charge in [0.15, 0.2) is 0 Å². The van der Waals surface area contributed by atoms with Gasteiger partial charge >= 0.3 is 0 Å². The Kier molecular flexibility index (Phi) is 4.21. The number of nitrogen functional groups attached to an aromatic ring is 1. The average molecular weight is 253 g/mol. The molecule has 1 fully saturated rings. The summed E-state index contributed by atoms with van der Waals surface area (Å²) in [7, 11) is 4.13. The standard InChI is InChI=1S/C12H23N5O/c1-15(2)8-11-5-12(18)9-16(11)3-4-17-7-10(13)6-14-17/h6-7,11-12,18H,3-5,8-9,13H2,1-2H3. The SMILES string of the molecule is CN(C)CC1CC(O)CN1CCn1cc(N)cn1. The van der Waals surface area contributed by atoms with Crippen molar-refractivity contribution in [3.05, 3.63) is 12.4 Å². The molecule has 1 aromatic rings. The van der Waals surface area contributed by atoms with Crippen molar-refractivity contribution in [3.63, 3.8) is 0 Å². The van der Waals surface area contributed by atoms with Gasteiger partial charge in [0.05, 0.1) is 24.5 Å². The number of β-amino-alcohol motifs (C(OH)–C–C–N with tert-alkyl or cyclic N) is 1. The van der Waals surface area contributed by atoms with Crippen LogP contribution in [0.25, 0.3) is 0 Å². The lowest BCUT2D eigenvalue weighted by Crippen LogP contribution is -2.39. The highest BCUT2D eigenvalue weighted by Crippen LogP contribution is 2.18. The van der Waals surface area contributed by atoms with Crippen molar-refractivity contribution in [3.8, 4) is 0 Å². The molecule has 0 aliphatic carbocycles. The largest absolute Gasteiger partial charge is 0.396 e. The summed E-state index contributed by atoms with van der Waals surface area (Å²) in [6.45, 7) is 3.46. The van der Waals surface area contributed by atoms with Crippen LogP contribution in [-0.2, 0) is 6.54 Å². The lowest BCUT2D eigenvalue weighted by Gasteiger charge is -2.26. The van der Waals surface area contributed by atoms with Crippen LogP contribution in [-0.4, -0.2) is 70.6 Å². The molecule has 1 aromatic heterocycles. The minimum atomic E-state index is -0.197. The molecule has 2 heterocycles. The summed E-state index contributed by atoms with van der Waals surface area (Å²) in [5.74, 6) is 0. The highest BCUT2D eigenvalue weighted by atomic mass is 16.3. The first kappa shape index (κ1) is 13.3. The summed E-state index contributed by atoms with van der Waals surface area (Å²) in [6, 6.07) is 0.433. The smallest absolute Gasteiger partial charge is 0.0719 e. The third kappa shape index (κ3) is 3.44. The number of aliphatic hydroxyl groups is 1. The Morgan fingerprint density at radius 1 is 1.50 bits per heavy atom. The van der Waals surface area contributed by atoms with Gasteiger partial charge in [0, 0.05) is 31.9 Å². The van der Waals surface area contributed by atoms with E-state index in [2.05, 4.69) is 29.0 Å². The number of hydrogen-bond acceptors (Lipinski definition) is 5. The monoisotopic (exact) mass is 253 g/mol. The Bertz CT molecular complexity index is 378. The fourth-order valence-electron chi connectivity index (χ4n) is 2.58. The molecule has 2 atom stereocenters. The highest BCUT2D eigenvalue weighted by Gasteiger charge is 2.30. The van der Waals surface area contributed by atoms with Crippen LogP contribution in [0.5, 0.6) is 0 Å². The molecule has 0 spiro atoms. The molecule has 102 valence electrons. The van der Waals surface area contributed by atoms with Crippen LogP contribution >= 0.6 is 0 Å². The quantitative estimate of drug-likeness (QED) is 0.737. The number of anilines is 1. The second kappa shape index (κ2) is 5.69. The molecule has 1 saturated heterocycles. The maximum atomic E-state index is 9.78. The maximum Gasteiger partial charge on any atom is 0.0719 e. The fourth-order valence-corrected chi connectivity index (χ4v) is 2.58. The van der Waals surface area contributed by atoms with Gasteiger partial charge in [-0.2, -0.15) is 5.10 Å². The van der Waals surface area contributed by atoms with Crippen LogP contribution < -0.4 is 5.73 Å². The van der Waals surface area contributed by atoms with Gasteiger partial charge < -0.3 is 15.7 Å². The zero-order chi connectivity index (χ0) is 13.1. The van der Waals surface area contributed by atoms with Crippen molar-refractivity contribution >= 4 is 5.69 Å². The van der Waals surface area contributed by atoms with Gasteiger partial charge in [-0.05, 0) is 20.5 Å². The second-order valence-corrected chi connectivity index (χ2v) is 5.34. The molecule has 0 bridgehead atoms. The normalized spacial score (nSPS) is 25.1. The molecule has 0 saturated carbocycles. The predicted molar refractivity (Wildman–Crippen MR) is 71.2 cm³/mol. The molecule has 6 nitrogen and oxygen atoms in total. The summed E-state index contributed by atoms with van der Waals surface area (Å²) >= 11 is 0. The third-order valence-corrected chi connectivity index (χ3v) is 3.35. The Morgan fingerprint density at radius 2 is 2.28 bits per heavy atom. The Labute approximate surface area is 108 Å². The van der Waals surface area contributed by atoms with E-state index < -0.39 is 0 Å². The molecule has 6 heteroatoms. The van der Waals surface area contributed by atoms with E-state index in [-0.39, 0.29) is 6.10 Å². The zero-order valence-corrected chi connectivity index (χ0v) is 11.2. The van der Waals surface area contributed by atoms with Gasteiger partial charge in [0.25, 0.3) is 0 Å². The predicted octanol–water partition coefficient (Wildman–Crippen LogP) is -0.538. The topological polar surface area (TPSA) is 70.5 Å². The number of aromatic nitrogens is 2. The molecule has 3 N–H and O–H groups in total. The van der Waals surface area contributed by atoms with Crippen LogP contribution in [0.3, 0.4) is 0 Å². The van der Waals surface area contributed by atoms with Gasteiger partial charge in [-0.1, -0.05) is 0 Å². The van der Waals surface area contributed by atoms with Crippen LogP contribution in [0, 0.1) is 0 Å². The van der Waals surface area contributed by atoms with Crippen molar-refractivity contribution in [1.29, 1.82) is 0 Å². The number of nitrogens with zero attached hydrogens (tertiary/aromatic N) is 4. The van der Waals surface area contributed by atoms with Crippen molar-refractivity contribution in [1.82, 2.24) is 19.6 Å². The van der Waals surface area contributed by atoms with Crippen LogP contribution in [0.2, 0.25) is 0 Å². The second-order valence-electron chi connectivity index (χ2n) is 5.34. The summed E-state index contributed by atoms with van der Waals surface area (Å²) in [6.07, 6.45) is 4.17. The number of likely N-dealkylation sites (tertiary alicyclic amines) is 1. The summed E-state index contributed by atoms with van der Waals surface area (Å²) < 4.78 is 1.85. The lowest BCUT2D eigenvalue weighted by molar-refractivity contribution is 0.169. The molecule has 2 unspecified atom stereocenters. The van der Waals surface area contributed by atoms with E-state index in [1.807, 2.05) is 10.9 Å². The van der Waals surface area contributed by atoms with Gasteiger partial charge in [-0.15, -0.1) is 0 Å². The molecule has 18 heavy (non-hydrogen) atoms. The molecule has 1 aliphatic rings.